The van der Waals surface area contributed by atoms with Crippen LogP contribution in [0.15, 0.2) is 10.6 Å². The Kier molecular flexibility index (Phi) is 4.74. The van der Waals surface area contributed by atoms with E-state index in [-0.39, 0.29) is 11.3 Å². The number of carbonyl (C=O) groups excluding carboxylic acids is 1. The summed E-state index contributed by atoms with van der Waals surface area (Å²) >= 11 is 0. The Morgan fingerprint density at radius 3 is 2.42 bits per heavy atom. The Bertz CT molecular complexity index is 430. The van der Waals surface area contributed by atoms with Crippen molar-refractivity contribution in [3.8, 4) is 0 Å². The lowest BCUT2D eigenvalue weighted by Crippen LogP contribution is -2.50. The first-order valence-electron chi connectivity index (χ1n) is 6.70. The maximum Gasteiger partial charge on any atom is 0.245 e. The summed E-state index contributed by atoms with van der Waals surface area (Å²) in [6.07, 6.45) is 0.981. The lowest BCUT2D eigenvalue weighted by molar-refractivity contribution is -0.121. The fraction of sp³-hybridized carbons (Fsp3) is 0.714. The van der Waals surface area contributed by atoms with E-state index in [0.717, 1.165) is 18.7 Å². The van der Waals surface area contributed by atoms with Crippen LogP contribution in [0.1, 0.15) is 53.7 Å². The van der Waals surface area contributed by atoms with Gasteiger partial charge in [0.1, 0.15) is 5.76 Å². The van der Waals surface area contributed by atoms with Gasteiger partial charge in [-0.15, -0.1) is 0 Å². The molecule has 1 amide bonds. The third kappa shape index (κ3) is 4.35. The van der Waals surface area contributed by atoms with Gasteiger partial charge in [0.25, 0.3) is 0 Å². The zero-order valence-corrected chi connectivity index (χ0v) is 12.8. The van der Waals surface area contributed by atoms with Crippen molar-refractivity contribution in [1.82, 2.24) is 10.5 Å². The van der Waals surface area contributed by atoms with Crippen LogP contribution in [0.2, 0.25) is 0 Å². The number of carbonyl (C=O) groups is 1. The first-order chi connectivity index (χ1) is 8.66. The number of nitrogens with zero attached hydrogens (tertiary/aromatic N) is 1. The Balaban J connectivity index is 2.69. The number of nitrogens with one attached hydrogen (secondary N) is 2. The van der Waals surface area contributed by atoms with Crippen LogP contribution in [-0.4, -0.2) is 23.1 Å². The van der Waals surface area contributed by atoms with Crippen molar-refractivity contribution >= 4 is 11.7 Å². The minimum atomic E-state index is -0.628. The van der Waals surface area contributed by atoms with Gasteiger partial charge in [-0.2, -0.15) is 0 Å². The molecule has 1 heterocycles. The van der Waals surface area contributed by atoms with E-state index in [0.29, 0.717) is 5.82 Å². The molecule has 1 rings (SSSR count). The maximum absolute atomic E-state index is 12.1. The van der Waals surface area contributed by atoms with Crippen molar-refractivity contribution in [3.05, 3.63) is 11.8 Å². The van der Waals surface area contributed by atoms with E-state index in [1.807, 2.05) is 34.6 Å². The van der Waals surface area contributed by atoms with Crippen LogP contribution >= 0.6 is 0 Å². The van der Waals surface area contributed by atoms with Gasteiger partial charge in [0.2, 0.25) is 5.91 Å². The molecular formula is C14H25N3O2. The van der Waals surface area contributed by atoms with Crippen molar-refractivity contribution in [2.75, 3.05) is 11.9 Å². The summed E-state index contributed by atoms with van der Waals surface area (Å²) in [5, 5.41) is 9.85. The van der Waals surface area contributed by atoms with Crippen LogP contribution < -0.4 is 10.6 Å². The van der Waals surface area contributed by atoms with Gasteiger partial charge in [-0.1, -0.05) is 32.9 Å². The molecule has 0 aliphatic carbocycles. The van der Waals surface area contributed by atoms with Gasteiger partial charge in [-0.05, 0) is 26.8 Å². The first-order valence-corrected chi connectivity index (χ1v) is 6.70. The average Bonchev–Trinajstić information content (AvgIpc) is 2.74. The zero-order chi connectivity index (χ0) is 14.7. The maximum atomic E-state index is 12.1. The quantitative estimate of drug-likeness (QED) is 0.860. The van der Waals surface area contributed by atoms with Crippen LogP contribution in [0.25, 0.3) is 0 Å². The van der Waals surface area contributed by atoms with Crippen molar-refractivity contribution in [3.63, 3.8) is 0 Å². The highest BCUT2D eigenvalue weighted by molar-refractivity contribution is 5.96. The SMILES string of the molecule is CCCNC(C)(C)C(=O)Nc1cc(C(C)(C)C)on1. The molecule has 1 aromatic heterocycles. The second-order valence-electron chi connectivity index (χ2n) is 6.33. The van der Waals surface area contributed by atoms with Crippen molar-refractivity contribution in [2.24, 2.45) is 0 Å². The lowest BCUT2D eigenvalue weighted by atomic mass is 9.93. The van der Waals surface area contributed by atoms with E-state index in [9.17, 15) is 4.79 Å². The highest BCUT2D eigenvalue weighted by Crippen LogP contribution is 2.24. The summed E-state index contributed by atoms with van der Waals surface area (Å²) in [6, 6.07) is 1.77. The molecule has 0 aliphatic heterocycles. The monoisotopic (exact) mass is 267 g/mol. The second kappa shape index (κ2) is 5.74. The number of rotatable bonds is 5. The van der Waals surface area contributed by atoms with E-state index >= 15 is 0 Å². The summed E-state index contributed by atoms with van der Waals surface area (Å²) in [7, 11) is 0. The van der Waals surface area contributed by atoms with Crippen molar-refractivity contribution < 1.29 is 9.32 Å². The van der Waals surface area contributed by atoms with Gasteiger partial charge in [-0.25, -0.2) is 0 Å². The van der Waals surface area contributed by atoms with Crippen LogP contribution in [0.4, 0.5) is 5.82 Å². The predicted molar refractivity (Wildman–Crippen MR) is 76.2 cm³/mol. The smallest absolute Gasteiger partial charge is 0.245 e. The number of amides is 1. The summed E-state index contributed by atoms with van der Waals surface area (Å²) in [5.41, 5.74) is -0.747. The largest absolute Gasteiger partial charge is 0.359 e. The van der Waals surface area contributed by atoms with Crippen LogP contribution in [0, 0.1) is 0 Å². The molecule has 0 aliphatic rings. The van der Waals surface area contributed by atoms with Gasteiger partial charge >= 0.3 is 0 Å². The van der Waals surface area contributed by atoms with E-state index in [1.165, 1.54) is 0 Å². The van der Waals surface area contributed by atoms with Crippen LogP contribution in [-0.2, 0) is 10.2 Å². The van der Waals surface area contributed by atoms with E-state index in [4.69, 9.17) is 4.52 Å². The normalized spacial score (nSPS) is 12.5. The number of aromatic nitrogens is 1. The highest BCUT2D eigenvalue weighted by atomic mass is 16.5. The number of anilines is 1. The van der Waals surface area contributed by atoms with Gasteiger partial charge < -0.3 is 15.2 Å². The van der Waals surface area contributed by atoms with Gasteiger partial charge in [-0.3, -0.25) is 4.79 Å². The molecule has 0 atom stereocenters. The molecule has 2 N–H and O–H groups in total. The molecule has 1 aromatic rings. The highest BCUT2D eigenvalue weighted by Gasteiger charge is 2.28. The molecule has 0 fully saturated rings. The molecule has 0 bridgehead atoms. The van der Waals surface area contributed by atoms with Crippen LogP contribution in [0.5, 0.6) is 0 Å². The van der Waals surface area contributed by atoms with Crippen molar-refractivity contribution in [2.45, 2.75) is 58.9 Å². The fourth-order valence-electron chi connectivity index (χ4n) is 1.48. The number of hydrogen-bond acceptors (Lipinski definition) is 4. The summed E-state index contributed by atoms with van der Waals surface area (Å²) in [4.78, 5) is 12.1. The molecule has 108 valence electrons. The summed E-state index contributed by atoms with van der Waals surface area (Å²) in [6.45, 7) is 12.7. The Morgan fingerprint density at radius 2 is 1.95 bits per heavy atom. The predicted octanol–water partition coefficient (Wildman–Crippen LogP) is 2.69. The summed E-state index contributed by atoms with van der Waals surface area (Å²) in [5.74, 6) is 1.10. The summed E-state index contributed by atoms with van der Waals surface area (Å²) < 4.78 is 5.24. The lowest BCUT2D eigenvalue weighted by Gasteiger charge is -2.24. The minimum absolute atomic E-state index is 0.116. The molecule has 5 nitrogen and oxygen atoms in total. The molecule has 19 heavy (non-hydrogen) atoms. The van der Waals surface area contributed by atoms with E-state index in [2.05, 4.69) is 22.7 Å². The fourth-order valence-corrected chi connectivity index (χ4v) is 1.48. The molecule has 5 heteroatoms. The third-order valence-corrected chi connectivity index (χ3v) is 2.88. The Hall–Kier alpha value is -1.36. The van der Waals surface area contributed by atoms with Crippen molar-refractivity contribution in [1.29, 1.82) is 0 Å². The minimum Gasteiger partial charge on any atom is -0.359 e. The third-order valence-electron chi connectivity index (χ3n) is 2.88. The van der Waals surface area contributed by atoms with Gasteiger partial charge in [0, 0.05) is 11.5 Å². The molecule has 0 unspecified atom stereocenters. The number of hydrogen-bond donors (Lipinski definition) is 2. The van der Waals surface area contributed by atoms with Gasteiger partial charge in [0.05, 0.1) is 5.54 Å². The first kappa shape index (κ1) is 15.7. The zero-order valence-electron chi connectivity index (χ0n) is 12.8. The van der Waals surface area contributed by atoms with Gasteiger partial charge in [0.15, 0.2) is 5.82 Å². The van der Waals surface area contributed by atoms with Crippen LogP contribution in [0.3, 0.4) is 0 Å². The standard InChI is InChI=1S/C14H25N3O2/c1-7-8-15-14(5,6)12(18)16-11-9-10(19-17-11)13(2,3)4/h9,15H,7-8H2,1-6H3,(H,16,17,18). The molecule has 0 aromatic carbocycles. The molecular weight excluding hydrogens is 242 g/mol. The topological polar surface area (TPSA) is 67.2 Å². The Labute approximate surface area is 115 Å². The molecule has 0 saturated carbocycles. The van der Waals surface area contributed by atoms with E-state index in [1.54, 1.807) is 6.07 Å². The average molecular weight is 267 g/mol. The molecule has 0 spiro atoms. The second-order valence-corrected chi connectivity index (χ2v) is 6.33. The molecule has 0 radical (unpaired) electrons. The molecule has 0 saturated heterocycles. The Morgan fingerprint density at radius 1 is 1.32 bits per heavy atom. The van der Waals surface area contributed by atoms with E-state index < -0.39 is 5.54 Å².